The summed E-state index contributed by atoms with van der Waals surface area (Å²) >= 11 is 0. The van der Waals surface area contributed by atoms with Crippen molar-refractivity contribution in [1.82, 2.24) is 4.90 Å². The predicted octanol–water partition coefficient (Wildman–Crippen LogP) is 2.31. The number of aryl methyl sites for hydroxylation is 1. The Labute approximate surface area is 125 Å². The van der Waals surface area contributed by atoms with Crippen LogP contribution in [0.5, 0.6) is 11.5 Å². The lowest BCUT2D eigenvalue weighted by Gasteiger charge is -2.22. The number of rotatable bonds is 8. The maximum atomic E-state index is 11.0. The fourth-order valence-corrected chi connectivity index (χ4v) is 2.48. The summed E-state index contributed by atoms with van der Waals surface area (Å²) in [4.78, 5) is 13.0. The smallest absolute Gasteiger partial charge is 0.317 e. The fraction of sp³-hybridized carbons (Fsp3) is 0.562. The Bertz CT molecular complexity index is 511. The van der Waals surface area contributed by atoms with E-state index in [4.69, 9.17) is 14.6 Å². The van der Waals surface area contributed by atoms with Crippen molar-refractivity contribution in [2.75, 3.05) is 27.3 Å². The third-order valence-corrected chi connectivity index (χ3v) is 3.81. The molecule has 1 N–H and O–H groups in total. The van der Waals surface area contributed by atoms with E-state index in [0.717, 1.165) is 17.7 Å². The first-order valence-electron chi connectivity index (χ1n) is 7.19. The van der Waals surface area contributed by atoms with Gasteiger partial charge in [0.2, 0.25) is 0 Å². The van der Waals surface area contributed by atoms with Crippen molar-refractivity contribution < 1.29 is 19.4 Å². The van der Waals surface area contributed by atoms with Crippen LogP contribution in [-0.4, -0.2) is 43.3 Å². The number of carboxylic acid groups (broad SMARTS) is 1. The van der Waals surface area contributed by atoms with Crippen LogP contribution >= 0.6 is 0 Å². The maximum absolute atomic E-state index is 11.0. The molecular formula is C16H23NO4. The molecule has 5 nitrogen and oxygen atoms in total. The van der Waals surface area contributed by atoms with Gasteiger partial charge >= 0.3 is 5.97 Å². The summed E-state index contributed by atoms with van der Waals surface area (Å²) in [5.41, 5.74) is 2.16. The number of carbonyl (C=O) groups is 1. The third-order valence-electron chi connectivity index (χ3n) is 3.81. The summed E-state index contributed by atoms with van der Waals surface area (Å²) in [5, 5.41) is 9.06. The minimum absolute atomic E-state index is 0.0737. The van der Waals surface area contributed by atoms with Crippen molar-refractivity contribution in [1.29, 1.82) is 0 Å². The highest BCUT2D eigenvalue weighted by molar-refractivity contribution is 5.69. The molecule has 0 aliphatic heterocycles. The average molecular weight is 293 g/mol. The molecule has 0 heterocycles. The van der Waals surface area contributed by atoms with E-state index in [1.807, 2.05) is 24.0 Å². The number of carboxylic acids is 1. The molecule has 0 saturated heterocycles. The van der Waals surface area contributed by atoms with Crippen LogP contribution in [-0.2, 0) is 11.3 Å². The lowest BCUT2D eigenvalue weighted by Crippen LogP contribution is -2.31. The number of hydrogen-bond acceptors (Lipinski definition) is 4. The molecule has 1 aliphatic rings. The Morgan fingerprint density at radius 3 is 2.43 bits per heavy atom. The number of benzene rings is 1. The molecule has 0 spiro atoms. The molecule has 0 amide bonds. The van der Waals surface area contributed by atoms with Gasteiger partial charge in [-0.25, -0.2) is 0 Å². The predicted molar refractivity (Wildman–Crippen MR) is 79.9 cm³/mol. The Kier molecular flexibility index (Phi) is 5.07. The third kappa shape index (κ3) is 4.36. The molecule has 0 unspecified atom stereocenters. The van der Waals surface area contributed by atoms with Crippen LogP contribution in [0.3, 0.4) is 0 Å². The summed E-state index contributed by atoms with van der Waals surface area (Å²) in [5.74, 6) is 1.25. The zero-order chi connectivity index (χ0) is 15.4. The van der Waals surface area contributed by atoms with Gasteiger partial charge in [0.05, 0.1) is 20.8 Å². The van der Waals surface area contributed by atoms with E-state index < -0.39 is 5.97 Å². The van der Waals surface area contributed by atoms with E-state index >= 15 is 0 Å². The van der Waals surface area contributed by atoms with Crippen LogP contribution in [0.2, 0.25) is 0 Å². The van der Waals surface area contributed by atoms with Crippen molar-refractivity contribution in [3.63, 3.8) is 0 Å². The fourth-order valence-electron chi connectivity index (χ4n) is 2.48. The van der Waals surface area contributed by atoms with Crippen molar-refractivity contribution in [3.8, 4) is 11.5 Å². The SMILES string of the molecule is COc1cc(C)c(CN(CC(=O)O)CC2CC2)cc1OC. The average Bonchev–Trinajstić information content (AvgIpc) is 3.23. The van der Waals surface area contributed by atoms with E-state index in [1.54, 1.807) is 14.2 Å². The molecule has 1 saturated carbocycles. The van der Waals surface area contributed by atoms with E-state index in [2.05, 4.69) is 0 Å². The quantitative estimate of drug-likeness (QED) is 0.797. The molecule has 0 atom stereocenters. The number of ether oxygens (including phenoxy) is 2. The Morgan fingerprint density at radius 1 is 1.29 bits per heavy atom. The van der Waals surface area contributed by atoms with Crippen LogP contribution in [0.1, 0.15) is 24.0 Å². The van der Waals surface area contributed by atoms with Gasteiger partial charge in [-0.15, -0.1) is 0 Å². The highest BCUT2D eigenvalue weighted by atomic mass is 16.5. The summed E-state index contributed by atoms with van der Waals surface area (Å²) in [7, 11) is 3.22. The Hall–Kier alpha value is -1.75. The molecule has 1 aromatic carbocycles. The van der Waals surface area contributed by atoms with Crippen LogP contribution in [0.4, 0.5) is 0 Å². The van der Waals surface area contributed by atoms with Gasteiger partial charge in [0.15, 0.2) is 11.5 Å². The molecule has 21 heavy (non-hydrogen) atoms. The van der Waals surface area contributed by atoms with E-state index in [1.165, 1.54) is 12.8 Å². The number of aliphatic carboxylic acids is 1. The van der Waals surface area contributed by atoms with Crippen LogP contribution in [0, 0.1) is 12.8 Å². The molecule has 0 aromatic heterocycles. The lowest BCUT2D eigenvalue weighted by molar-refractivity contribution is -0.138. The second-order valence-electron chi connectivity index (χ2n) is 5.64. The molecule has 1 aliphatic carbocycles. The normalized spacial score (nSPS) is 14.3. The van der Waals surface area contributed by atoms with E-state index in [0.29, 0.717) is 24.0 Å². The minimum Gasteiger partial charge on any atom is -0.493 e. The first-order valence-corrected chi connectivity index (χ1v) is 7.19. The minimum atomic E-state index is -0.784. The Morgan fingerprint density at radius 2 is 1.90 bits per heavy atom. The van der Waals surface area contributed by atoms with Gasteiger partial charge in [-0.2, -0.15) is 0 Å². The van der Waals surface area contributed by atoms with E-state index in [-0.39, 0.29) is 6.54 Å². The number of hydrogen-bond donors (Lipinski definition) is 1. The topological polar surface area (TPSA) is 59.0 Å². The van der Waals surface area contributed by atoms with Gasteiger partial charge in [-0.3, -0.25) is 9.69 Å². The molecular weight excluding hydrogens is 270 g/mol. The molecule has 1 aromatic rings. The van der Waals surface area contributed by atoms with Gasteiger partial charge in [-0.05, 0) is 48.9 Å². The second kappa shape index (κ2) is 6.80. The molecule has 1 fully saturated rings. The number of methoxy groups -OCH3 is 2. The van der Waals surface area contributed by atoms with Crippen LogP contribution in [0.25, 0.3) is 0 Å². The van der Waals surface area contributed by atoms with Crippen molar-refractivity contribution >= 4 is 5.97 Å². The second-order valence-corrected chi connectivity index (χ2v) is 5.64. The monoisotopic (exact) mass is 293 g/mol. The lowest BCUT2D eigenvalue weighted by atomic mass is 10.1. The summed E-state index contributed by atoms with van der Waals surface area (Å²) in [6.45, 7) is 3.55. The van der Waals surface area contributed by atoms with Crippen LogP contribution < -0.4 is 9.47 Å². The van der Waals surface area contributed by atoms with Crippen molar-refractivity contribution in [3.05, 3.63) is 23.3 Å². The largest absolute Gasteiger partial charge is 0.493 e. The molecule has 116 valence electrons. The van der Waals surface area contributed by atoms with Gasteiger partial charge in [-0.1, -0.05) is 0 Å². The van der Waals surface area contributed by atoms with Crippen LogP contribution in [0.15, 0.2) is 12.1 Å². The number of nitrogens with zero attached hydrogens (tertiary/aromatic N) is 1. The van der Waals surface area contributed by atoms with Crippen molar-refractivity contribution in [2.45, 2.75) is 26.3 Å². The summed E-state index contributed by atoms with van der Waals surface area (Å²) < 4.78 is 10.6. The zero-order valence-corrected chi connectivity index (χ0v) is 12.9. The van der Waals surface area contributed by atoms with Crippen molar-refractivity contribution in [2.24, 2.45) is 5.92 Å². The van der Waals surface area contributed by atoms with Gasteiger partial charge in [0, 0.05) is 13.1 Å². The first kappa shape index (κ1) is 15.6. The highest BCUT2D eigenvalue weighted by Crippen LogP contribution is 2.33. The molecule has 0 radical (unpaired) electrons. The highest BCUT2D eigenvalue weighted by Gasteiger charge is 2.25. The van der Waals surface area contributed by atoms with Gasteiger partial charge in [0.25, 0.3) is 0 Å². The van der Waals surface area contributed by atoms with Gasteiger partial charge in [0.1, 0.15) is 0 Å². The summed E-state index contributed by atoms with van der Waals surface area (Å²) in [6.07, 6.45) is 2.42. The first-order chi connectivity index (χ1) is 10.0. The Balaban J connectivity index is 2.16. The molecule has 2 rings (SSSR count). The standard InChI is InChI=1S/C16H23NO4/c1-11-6-14(20-2)15(21-3)7-13(11)9-17(10-16(18)19)8-12-4-5-12/h6-7,12H,4-5,8-10H2,1-3H3,(H,18,19). The van der Waals surface area contributed by atoms with E-state index in [9.17, 15) is 4.79 Å². The molecule has 0 bridgehead atoms. The summed E-state index contributed by atoms with van der Waals surface area (Å²) in [6, 6.07) is 3.88. The zero-order valence-electron chi connectivity index (χ0n) is 12.9. The maximum Gasteiger partial charge on any atom is 0.317 e. The molecule has 5 heteroatoms. The van der Waals surface area contributed by atoms with Gasteiger partial charge < -0.3 is 14.6 Å².